The number of carboxylic acid groups (broad SMARTS) is 1. The highest BCUT2D eigenvalue weighted by Crippen LogP contribution is 2.34. The molecule has 10 nitrogen and oxygen atoms in total. The lowest BCUT2D eigenvalue weighted by molar-refractivity contribution is -0.139. The lowest BCUT2D eigenvalue weighted by atomic mass is 9.86. The molecule has 4 N–H and O–H groups in total. The number of aliphatic hydroxyl groups is 1. The SMILES string of the molecule is N/C(=N\S(=O)(=O)c1ccc(Cl)cc1)N1CC(O)(c2ccc(OCC(=O)O)cc2)C(c2ccc(Cl)cc2)=N1. The van der Waals surface area contributed by atoms with Crippen molar-refractivity contribution in [2.45, 2.75) is 10.5 Å². The second-order valence-corrected chi connectivity index (χ2v) is 10.4. The number of rotatable bonds is 7. The van der Waals surface area contributed by atoms with Crippen molar-refractivity contribution in [2.75, 3.05) is 13.2 Å². The maximum atomic E-state index is 12.8. The van der Waals surface area contributed by atoms with Gasteiger partial charge in [-0.1, -0.05) is 47.5 Å². The standard InChI is InChI=1S/C24H20Cl2N4O6S/c25-17-5-1-15(2-6-17)22-24(33,16-3-9-19(10-4-16)36-13-21(31)32)14-30(28-22)23(27)29-37(34,35)20-11-7-18(26)8-12-20/h1-12,33H,13-14H2,(H2,27,29)(H,31,32). The number of hydrazone groups is 1. The minimum absolute atomic E-state index is 0.117. The Morgan fingerprint density at radius 2 is 1.59 bits per heavy atom. The molecule has 0 bridgehead atoms. The molecule has 1 heterocycles. The number of guanidine groups is 1. The van der Waals surface area contributed by atoms with E-state index >= 15 is 0 Å². The van der Waals surface area contributed by atoms with E-state index in [1.54, 1.807) is 36.4 Å². The molecule has 1 atom stereocenters. The lowest BCUT2D eigenvalue weighted by Gasteiger charge is -2.26. The average molecular weight is 563 g/mol. The summed E-state index contributed by atoms with van der Waals surface area (Å²) in [5.74, 6) is -1.31. The number of ether oxygens (including phenoxy) is 1. The second kappa shape index (κ2) is 10.4. The van der Waals surface area contributed by atoms with Gasteiger partial charge in [0.1, 0.15) is 11.5 Å². The molecule has 0 spiro atoms. The van der Waals surface area contributed by atoms with Gasteiger partial charge in [0, 0.05) is 15.6 Å². The number of benzene rings is 3. The number of carboxylic acids is 1. The zero-order chi connectivity index (χ0) is 26.8. The summed E-state index contributed by atoms with van der Waals surface area (Å²) >= 11 is 11.8. The van der Waals surface area contributed by atoms with Crippen molar-refractivity contribution >= 4 is 50.9 Å². The fourth-order valence-electron chi connectivity index (χ4n) is 3.60. The van der Waals surface area contributed by atoms with Crippen LogP contribution >= 0.6 is 23.2 Å². The van der Waals surface area contributed by atoms with Crippen LogP contribution < -0.4 is 10.5 Å². The topological polar surface area (TPSA) is 155 Å². The molecule has 3 aromatic carbocycles. The first kappa shape index (κ1) is 26.4. The third-order valence-electron chi connectivity index (χ3n) is 5.39. The number of hydrogen-bond donors (Lipinski definition) is 3. The van der Waals surface area contributed by atoms with E-state index < -0.39 is 34.2 Å². The van der Waals surface area contributed by atoms with Gasteiger partial charge in [0.15, 0.2) is 12.2 Å². The Hall–Kier alpha value is -3.64. The molecule has 0 saturated heterocycles. The van der Waals surface area contributed by atoms with Crippen LogP contribution in [0.3, 0.4) is 0 Å². The third-order valence-corrected chi connectivity index (χ3v) is 7.19. The largest absolute Gasteiger partial charge is 0.482 e. The minimum atomic E-state index is -4.19. The van der Waals surface area contributed by atoms with Crippen molar-refractivity contribution in [3.05, 3.63) is 94.0 Å². The van der Waals surface area contributed by atoms with E-state index in [2.05, 4.69) is 9.50 Å². The second-order valence-electron chi connectivity index (χ2n) is 7.96. The Labute approximate surface area is 222 Å². The molecule has 13 heteroatoms. The van der Waals surface area contributed by atoms with Gasteiger partial charge in [0.25, 0.3) is 10.0 Å². The maximum absolute atomic E-state index is 12.8. The monoisotopic (exact) mass is 562 g/mol. The first-order valence-electron chi connectivity index (χ1n) is 10.6. The van der Waals surface area contributed by atoms with Gasteiger partial charge in [-0.2, -0.15) is 13.5 Å². The Kier molecular flexibility index (Phi) is 7.42. The van der Waals surface area contributed by atoms with Gasteiger partial charge in [-0.25, -0.2) is 9.80 Å². The lowest BCUT2D eigenvalue weighted by Crippen LogP contribution is -2.42. The Morgan fingerprint density at radius 1 is 1.03 bits per heavy atom. The number of nitrogens with two attached hydrogens (primary N) is 1. The van der Waals surface area contributed by atoms with E-state index in [1.165, 1.54) is 36.4 Å². The Morgan fingerprint density at radius 3 is 2.16 bits per heavy atom. The molecule has 192 valence electrons. The molecule has 3 aromatic rings. The number of hydrogen-bond acceptors (Lipinski definition) is 6. The predicted octanol–water partition coefficient (Wildman–Crippen LogP) is 3.07. The Bertz CT molecular complexity index is 1480. The van der Waals surface area contributed by atoms with Crippen molar-refractivity contribution in [1.29, 1.82) is 0 Å². The molecule has 1 aliphatic heterocycles. The van der Waals surface area contributed by atoms with Crippen LogP contribution in [0.4, 0.5) is 0 Å². The average Bonchev–Trinajstić information content (AvgIpc) is 3.22. The Balaban J connectivity index is 1.71. The zero-order valence-corrected chi connectivity index (χ0v) is 21.3. The van der Waals surface area contributed by atoms with E-state index in [1.807, 2.05) is 0 Å². The van der Waals surface area contributed by atoms with Crippen molar-refractivity contribution in [1.82, 2.24) is 5.01 Å². The number of β-amino-alcohol motifs (C(OH)–C–C–N with tert-alkyl or cyclic N) is 1. The number of carbonyl (C=O) groups is 1. The molecule has 0 aromatic heterocycles. The van der Waals surface area contributed by atoms with Crippen molar-refractivity contribution < 1.29 is 28.2 Å². The molecular formula is C24H20Cl2N4O6S. The van der Waals surface area contributed by atoms with Crippen LogP contribution in [-0.2, 0) is 20.4 Å². The summed E-state index contributed by atoms with van der Waals surface area (Å²) in [5.41, 5.74) is 5.35. The summed E-state index contributed by atoms with van der Waals surface area (Å²) in [5, 5.41) is 26.9. The smallest absolute Gasteiger partial charge is 0.341 e. The molecule has 1 unspecified atom stereocenters. The van der Waals surface area contributed by atoms with E-state index in [-0.39, 0.29) is 22.9 Å². The normalized spacial score (nSPS) is 18.0. The first-order valence-corrected chi connectivity index (χ1v) is 12.8. The number of halogens is 2. The van der Waals surface area contributed by atoms with Crippen LogP contribution in [0.5, 0.6) is 5.75 Å². The summed E-state index contributed by atoms with van der Waals surface area (Å²) in [6.07, 6.45) is 0. The highest BCUT2D eigenvalue weighted by Gasteiger charge is 2.44. The molecule has 0 aliphatic carbocycles. The van der Waals surface area contributed by atoms with Crippen LogP contribution in [0, 0.1) is 0 Å². The van der Waals surface area contributed by atoms with Crippen LogP contribution in [0.1, 0.15) is 11.1 Å². The number of aliphatic carboxylic acids is 1. The highest BCUT2D eigenvalue weighted by molar-refractivity contribution is 7.90. The summed E-state index contributed by atoms with van der Waals surface area (Å²) in [4.78, 5) is 10.6. The number of nitrogens with zero attached hydrogens (tertiary/aromatic N) is 3. The van der Waals surface area contributed by atoms with Crippen molar-refractivity contribution in [3.63, 3.8) is 0 Å². The number of sulfonamides is 1. The fraction of sp³-hybridized carbons (Fsp3) is 0.125. The molecule has 0 amide bonds. The van der Waals surface area contributed by atoms with Gasteiger partial charge in [-0.15, -0.1) is 4.40 Å². The summed E-state index contributed by atoms with van der Waals surface area (Å²) in [6, 6.07) is 18.0. The van der Waals surface area contributed by atoms with E-state index in [0.29, 0.717) is 21.2 Å². The van der Waals surface area contributed by atoms with Gasteiger partial charge < -0.3 is 20.7 Å². The van der Waals surface area contributed by atoms with Gasteiger partial charge >= 0.3 is 5.97 Å². The molecule has 4 rings (SSSR count). The molecule has 0 radical (unpaired) electrons. The van der Waals surface area contributed by atoms with Crippen molar-refractivity contribution in [3.8, 4) is 5.75 Å². The first-order chi connectivity index (χ1) is 17.5. The quantitative estimate of drug-likeness (QED) is 0.293. The van der Waals surface area contributed by atoms with Gasteiger partial charge in [0.2, 0.25) is 5.96 Å². The van der Waals surface area contributed by atoms with E-state index in [9.17, 15) is 18.3 Å². The molecule has 0 saturated carbocycles. The van der Waals surface area contributed by atoms with E-state index in [0.717, 1.165) is 5.01 Å². The minimum Gasteiger partial charge on any atom is -0.482 e. The summed E-state index contributed by atoms with van der Waals surface area (Å²) in [6.45, 7) is -0.782. The van der Waals surface area contributed by atoms with Crippen LogP contribution in [0.15, 0.2) is 87.2 Å². The van der Waals surface area contributed by atoms with Crippen LogP contribution in [-0.4, -0.2) is 54.4 Å². The molecule has 37 heavy (non-hydrogen) atoms. The van der Waals surface area contributed by atoms with Crippen molar-refractivity contribution in [2.24, 2.45) is 15.2 Å². The molecule has 0 fully saturated rings. The maximum Gasteiger partial charge on any atom is 0.341 e. The highest BCUT2D eigenvalue weighted by atomic mass is 35.5. The van der Waals surface area contributed by atoms with Crippen LogP contribution in [0.25, 0.3) is 0 Å². The van der Waals surface area contributed by atoms with Crippen LogP contribution in [0.2, 0.25) is 10.0 Å². The van der Waals surface area contributed by atoms with Gasteiger partial charge in [0.05, 0.1) is 11.4 Å². The zero-order valence-electron chi connectivity index (χ0n) is 19.0. The summed E-state index contributed by atoms with van der Waals surface area (Å²) < 4.78 is 34.4. The third kappa shape index (κ3) is 5.86. The van der Waals surface area contributed by atoms with Gasteiger partial charge in [-0.05, 0) is 54.1 Å². The summed E-state index contributed by atoms with van der Waals surface area (Å²) in [7, 11) is -4.19. The molecule has 1 aliphatic rings. The van der Waals surface area contributed by atoms with E-state index in [4.69, 9.17) is 38.8 Å². The predicted molar refractivity (Wildman–Crippen MR) is 138 cm³/mol. The fourth-order valence-corrected chi connectivity index (χ4v) is 4.77. The molecular weight excluding hydrogens is 543 g/mol. The van der Waals surface area contributed by atoms with Gasteiger partial charge in [-0.3, -0.25) is 0 Å².